The Morgan fingerprint density at radius 1 is 1.24 bits per heavy atom. The molecule has 1 saturated heterocycles. The number of ether oxygens (including phenoxy) is 1. The van der Waals surface area contributed by atoms with Crippen LogP contribution in [-0.4, -0.2) is 58.5 Å². The number of morpholine rings is 1. The zero-order valence-electron chi connectivity index (χ0n) is 11.8. The Labute approximate surface area is 122 Å². The molecule has 0 radical (unpaired) electrons. The number of benzene rings is 1. The van der Waals surface area contributed by atoms with E-state index >= 15 is 0 Å². The van der Waals surface area contributed by atoms with Crippen molar-refractivity contribution < 1.29 is 9.84 Å². The third kappa shape index (κ3) is 3.29. The van der Waals surface area contributed by atoms with E-state index in [1.807, 2.05) is 18.2 Å². The number of β-amino-alcohol motifs (C(OH)–C–C–N with tert-alkyl or cyclic N) is 1. The molecule has 6 heteroatoms. The van der Waals surface area contributed by atoms with Crippen LogP contribution in [0.4, 0.5) is 0 Å². The monoisotopic (exact) mass is 289 g/mol. The van der Waals surface area contributed by atoms with Crippen molar-refractivity contribution >= 4 is 10.9 Å². The SMILES string of the molecule is O=c1c2ccccc2ncn1CC(O)CN1CCOCC1. The summed E-state index contributed by atoms with van der Waals surface area (Å²) in [4.78, 5) is 18.7. The van der Waals surface area contributed by atoms with E-state index in [1.165, 1.54) is 10.9 Å². The summed E-state index contributed by atoms with van der Waals surface area (Å²) < 4.78 is 6.76. The van der Waals surface area contributed by atoms with Crippen LogP contribution in [0.5, 0.6) is 0 Å². The van der Waals surface area contributed by atoms with Gasteiger partial charge in [0.15, 0.2) is 0 Å². The lowest BCUT2D eigenvalue weighted by atomic mass is 10.2. The topological polar surface area (TPSA) is 67.6 Å². The van der Waals surface area contributed by atoms with Crippen LogP contribution in [-0.2, 0) is 11.3 Å². The van der Waals surface area contributed by atoms with E-state index in [2.05, 4.69) is 9.88 Å². The lowest BCUT2D eigenvalue weighted by Gasteiger charge is -2.28. The first kappa shape index (κ1) is 14.2. The number of rotatable bonds is 4. The average Bonchev–Trinajstić information content (AvgIpc) is 2.51. The highest BCUT2D eigenvalue weighted by molar-refractivity contribution is 5.76. The van der Waals surface area contributed by atoms with Crippen LogP contribution >= 0.6 is 0 Å². The molecule has 0 aliphatic carbocycles. The second-order valence-corrected chi connectivity index (χ2v) is 5.29. The predicted molar refractivity (Wildman–Crippen MR) is 79.3 cm³/mol. The van der Waals surface area contributed by atoms with Crippen molar-refractivity contribution in [3.05, 3.63) is 40.9 Å². The van der Waals surface area contributed by atoms with Gasteiger partial charge in [-0.2, -0.15) is 0 Å². The van der Waals surface area contributed by atoms with Crippen molar-refractivity contribution in [2.45, 2.75) is 12.6 Å². The molecule has 1 aromatic heterocycles. The molecule has 1 atom stereocenters. The molecule has 0 amide bonds. The molecule has 6 nitrogen and oxygen atoms in total. The van der Waals surface area contributed by atoms with Gasteiger partial charge >= 0.3 is 0 Å². The molecule has 1 aliphatic heterocycles. The normalized spacial score (nSPS) is 18.0. The lowest BCUT2D eigenvalue weighted by Crippen LogP contribution is -2.42. The third-order valence-electron chi connectivity index (χ3n) is 3.71. The molecule has 3 rings (SSSR count). The molecule has 0 bridgehead atoms. The fraction of sp³-hybridized carbons (Fsp3) is 0.467. The molecule has 1 aromatic carbocycles. The molecular formula is C15H19N3O3. The summed E-state index contributed by atoms with van der Waals surface area (Å²) in [7, 11) is 0. The van der Waals surface area contributed by atoms with Gasteiger partial charge in [0, 0.05) is 19.6 Å². The summed E-state index contributed by atoms with van der Waals surface area (Å²) in [5.41, 5.74) is 0.572. The lowest BCUT2D eigenvalue weighted by molar-refractivity contribution is 0.0113. The number of para-hydroxylation sites is 1. The van der Waals surface area contributed by atoms with E-state index in [1.54, 1.807) is 6.07 Å². The highest BCUT2D eigenvalue weighted by atomic mass is 16.5. The van der Waals surface area contributed by atoms with Gasteiger partial charge in [0.1, 0.15) is 0 Å². The Kier molecular flexibility index (Phi) is 4.28. The van der Waals surface area contributed by atoms with Gasteiger partial charge in [0.05, 0.1) is 43.1 Å². The van der Waals surface area contributed by atoms with E-state index in [9.17, 15) is 9.90 Å². The number of hydrogen-bond acceptors (Lipinski definition) is 5. The van der Waals surface area contributed by atoms with Crippen LogP contribution in [0.2, 0.25) is 0 Å². The van der Waals surface area contributed by atoms with Gasteiger partial charge in [0.2, 0.25) is 0 Å². The number of aliphatic hydroxyl groups excluding tert-OH is 1. The average molecular weight is 289 g/mol. The van der Waals surface area contributed by atoms with Gasteiger partial charge in [-0.1, -0.05) is 12.1 Å². The van der Waals surface area contributed by atoms with Crippen molar-refractivity contribution in [3.8, 4) is 0 Å². The van der Waals surface area contributed by atoms with Gasteiger partial charge < -0.3 is 9.84 Å². The highest BCUT2D eigenvalue weighted by Gasteiger charge is 2.16. The van der Waals surface area contributed by atoms with Crippen LogP contribution in [0, 0.1) is 0 Å². The van der Waals surface area contributed by atoms with Gasteiger partial charge in [-0.3, -0.25) is 14.3 Å². The number of aliphatic hydroxyl groups is 1. The zero-order chi connectivity index (χ0) is 14.7. The first-order chi connectivity index (χ1) is 10.2. The Hall–Kier alpha value is -1.76. The Balaban J connectivity index is 1.72. The second-order valence-electron chi connectivity index (χ2n) is 5.29. The second kappa shape index (κ2) is 6.34. The van der Waals surface area contributed by atoms with Gasteiger partial charge in [-0.05, 0) is 12.1 Å². The van der Waals surface area contributed by atoms with Crippen molar-refractivity contribution in [1.82, 2.24) is 14.5 Å². The Morgan fingerprint density at radius 2 is 2.00 bits per heavy atom. The number of hydrogen-bond donors (Lipinski definition) is 1. The van der Waals surface area contributed by atoms with Crippen LogP contribution in [0.15, 0.2) is 35.4 Å². The highest BCUT2D eigenvalue weighted by Crippen LogP contribution is 2.05. The molecule has 1 N–H and O–H groups in total. The van der Waals surface area contributed by atoms with E-state index in [0.29, 0.717) is 30.7 Å². The van der Waals surface area contributed by atoms with Crippen molar-refractivity contribution in [3.63, 3.8) is 0 Å². The van der Waals surface area contributed by atoms with Crippen molar-refractivity contribution in [2.24, 2.45) is 0 Å². The molecule has 1 aliphatic rings. The third-order valence-corrected chi connectivity index (χ3v) is 3.71. The van der Waals surface area contributed by atoms with Crippen molar-refractivity contribution in [2.75, 3.05) is 32.8 Å². The molecule has 0 saturated carbocycles. The van der Waals surface area contributed by atoms with Crippen molar-refractivity contribution in [1.29, 1.82) is 0 Å². The summed E-state index contributed by atoms with van der Waals surface area (Å²) >= 11 is 0. The molecule has 2 aromatic rings. The molecule has 1 unspecified atom stereocenters. The number of nitrogens with zero attached hydrogens (tertiary/aromatic N) is 3. The predicted octanol–water partition coefficient (Wildman–Crippen LogP) is 0.0896. The molecule has 0 spiro atoms. The molecule has 2 heterocycles. The maximum Gasteiger partial charge on any atom is 0.261 e. The molecule has 1 fully saturated rings. The fourth-order valence-electron chi connectivity index (χ4n) is 2.60. The van der Waals surface area contributed by atoms with Crippen LogP contribution in [0.3, 0.4) is 0 Å². The first-order valence-electron chi connectivity index (χ1n) is 7.16. The summed E-state index contributed by atoms with van der Waals surface area (Å²) in [5.74, 6) is 0. The smallest absolute Gasteiger partial charge is 0.261 e. The summed E-state index contributed by atoms with van der Waals surface area (Å²) in [6, 6.07) is 7.24. The number of aromatic nitrogens is 2. The minimum Gasteiger partial charge on any atom is -0.390 e. The molecular weight excluding hydrogens is 270 g/mol. The Morgan fingerprint density at radius 3 is 2.81 bits per heavy atom. The van der Waals surface area contributed by atoms with E-state index in [4.69, 9.17) is 4.74 Å². The maximum atomic E-state index is 12.3. The number of fused-ring (bicyclic) bond motifs is 1. The summed E-state index contributed by atoms with van der Waals surface area (Å²) in [6.07, 6.45) is 0.913. The van der Waals surface area contributed by atoms with Gasteiger partial charge in [-0.15, -0.1) is 0 Å². The minimum absolute atomic E-state index is 0.110. The zero-order valence-corrected chi connectivity index (χ0v) is 11.8. The minimum atomic E-state index is -0.594. The summed E-state index contributed by atoms with van der Waals surface area (Å²) in [5, 5.41) is 10.8. The van der Waals surface area contributed by atoms with Gasteiger partial charge in [-0.25, -0.2) is 4.98 Å². The first-order valence-corrected chi connectivity index (χ1v) is 7.16. The Bertz CT molecular complexity index is 665. The molecule has 112 valence electrons. The summed E-state index contributed by atoms with van der Waals surface area (Å²) in [6.45, 7) is 3.84. The van der Waals surface area contributed by atoms with Crippen LogP contribution in [0.25, 0.3) is 10.9 Å². The van der Waals surface area contributed by atoms with Gasteiger partial charge in [0.25, 0.3) is 5.56 Å². The van der Waals surface area contributed by atoms with E-state index < -0.39 is 6.10 Å². The molecule has 21 heavy (non-hydrogen) atoms. The van der Waals surface area contributed by atoms with Crippen LogP contribution in [0.1, 0.15) is 0 Å². The maximum absolute atomic E-state index is 12.3. The standard InChI is InChI=1S/C15H19N3O3/c19-12(9-17-5-7-21-8-6-17)10-18-11-16-14-4-2-1-3-13(14)15(18)20/h1-4,11-12,19H,5-10H2. The largest absolute Gasteiger partial charge is 0.390 e. The fourth-order valence-corrected chi connectivity index (χ4v) is 2.60. The van der Waals surface area contributed by atoms with E-state index in [-0.39, 0.29) is 12.1 Å². The van der Waals surface area contributed by atoms with Crippen LogP contribution < -0.4 is 5.56 Å². The van der Waals surface area contributed by atoms with E-state index in [0.717, 1.165) is 13.1 Å². The quantitative estimate of drug-likeness (QED) is 0.864.